The highest BCUT2D eigenvalue weighted by Crippen LogP contribution is 2.25. The van der Waals surface area contributed by atoms with Gasteiger partial charge in [0, 0.05) is 36.3 Å². The van der Waals surface area contributed by atoms with Gasteiger partial charge in [0.2, 0.25) is 0 Å². The van der Waals surface area contributed by atoms with E-state index >= 15 is 0 Å². The largest absolute Gasteiger partial charge is 0.334 e. The number of aryl methyl sites for hydroxylation is 2. The normalized spacial score (nSPS) is 14.5. The Bertz CT molecular complexity index is 1040. The molecular formula is C21H25N5O. The van der Waals surface area contributed by atoms with E-state index in [-0.39, 0.29) is 11.4 Å². The van der Waals surface area contributed by atoms with Gasteiger partial charge in [-0.2, -0.15) is 5.10 Å². The predicted molar refractivity (Wildman–Crippen MR) is 105 cm³/mol. The van der Waals surface area contributed by atoms with Gasteiger partial charge in [0.15, 0.2) is 0 Å². The molecule has 27 heavy (non-hydrogen) atoms. The Morgan fingerprint density at radius 3 is 2.48 bits per heavy atom. The maximum atomic E-state index is 13.1. The predicted octanol–water partition coefficient (Wildman–Crippen LogP) is 3.40. The first-order chi connectivity index (χ1) is 12.7. The van der Waals surface area contributed by atoms with E-state index in [1.807, 2.05) is 43.1 Å². The van der Waals surface area contributed by atoms with Gasteiger partial charge in [-0.3, -0.25) is 9.48 Å². The second-order valence-corrected chi connectivity index (χ2v) is 8.27. The molecule has 0 fully saturated rings. The molecule has 0 atom stereocenters. The Hall–Kier alpha value is -2.76. The Balaban J connectivity index is 1.61. The van der Waals surface area contributed by atoms with Crippen molar-refractivity contribution in [1.82, 2.24) is 24.6 Å². The Morgan fingerprint density at radius 2 is 1.78 bits per heavy atom. The summed E-state index contributed by atoms with van der Waals surface area (Å²) in [5.74, 6) is 0.0334. The molecule has 0 radical (unpaired) electrons. The zero-order chi connectivity index (χ0) is 19.3. The number of rotatable bonds is 1. The third kappa shape index (κ3) is 3.09. The van der Waals surface area contributed by atoms with E-state index in [2.05, 4.69) is 40.5 Å². The quantitative estimate of drug-likeness (QED) is 0.665. The minimum Gasteiger partial charge on any atom is -0.334 e. The van der Waals surface area contributed by atoms with Crippen LogP contribution in [0.15, 0.2) is 24.4 Å². The van der Waals surface area contributed by atoms with Crippen molar-refractivity contribution in [3.63, 3.8) is 0 Å². The molecule has 1 amide bonds. The summed E-state index contributed by atoms with van der Waals surface area (Å²) in [6.07, 6.45) is 2.72. The SMILES string of the molecule is Cc1nc2ccc(C(=O)N3CCc4c(cnn4C(C)(C)C)C3)cc2nc1C. The van der Waals surface area contributed by atoms with Gasteiger partial charge in [-0.1, -0.05) is 0 Å². The van der Waals surface area contributed by atoms with Gasteiger partial charge in [0.1, 0.15) is 0 Å². The van der Waals surface area contributed by atoms with Crippen molar-refractivity contribution in [2.24, 2.45) is 0 Å². The molecule has 0 saturated heterocycles. The van der Waals surface area contributed by atoms with Crippen LogP contribution >= 0.6 is 0 Å². The summed E-state index contributed by atoms with van der Waals surface area (Å²) in [6.45, 7) is 11.6. The van der Waals surface area contributed by atoms with Crippen molar-refractivity contribution in [3.05, 3.63) is 52.6 Å². The van der Waals surface area contributed by atoms with Crippen LogP contribution in [0.25, 0.3) is 11.0 Å². The minimum absolute atomic E-state index is 0.0334. The third-order valence-corrected chi connectivity index (χ3v) is 5.18. The Labute approximate surface area is 159 Å². The van der Waals surface area contributed by atoms with Crippen molar-refractivity contribution in [2.45, 2.75) is 53.1 Å². The average molecular weight is 363 g/mol. The van der Waals surface area contributed by atoms with E-state index in [0.29, 0.717) is 18.7 Å². The first-order valence-electron chi connectivity index (χ1n) is 9.34. The lowest BCUT2D eigenvalue weighted by atomic mass is 10.0. The molecule has 140 valence electrons. The van der Waals surface area contributed by atoms with Gasteiger partial charge in [-0.05, 0) is 52.8 Å². The maximum absolute atomic E-state index is 13.1. The molecule has 0 aliphatic carbocycles. The fourth-order valence-electron chi connectivity index (χ4n) is 3.63. The number of fused-ring (bicyclic) bond motifs is 2. The number of benzene rings is 1. The van der Waals surface area contributed by atoms with Crippen LogP contribution in [-0.4, -0.2) is 37.1 Å². The summed E-state index contributed by atoms with van der Waals surface area (Å²) in [4.78, 5) is 24.1. The maximum Gasteiger partial charge on any atom is 0.254 e. The molecule has 0 bridgehead atoms. The highest BCUT2D eigenvalue weighted by atomic mass is 16.2. The lowest BCUT2D eigenvalue weighted by Gasteiger charge is -2.30. The summed E-state index contributed by atoms with van der Waals surface area (Å²) in [7, 11) is 0. The minimum atomic E-state index is -0.0488. The fourth-order valence-corrected chi connectivity index (χ4v) is 3.63. The van der Waals surface area contributed by atoms with Crippen LogP contribution in [0.1, 0.15) is 53.8 Å². The lowest BCUT2D eigenvalue weighted by Crippen LogP contribution is -2.37. The van der Waals surface area contributed by atoms with Crippen LogP contribution in [-0.2, 0) is 18.5 Å². The molecule has 0 N–H and O–H groups in total. The van der Waals surface area contributed by atoms with Crippen molar-refractivity contribution in [2.75, 3.05) is 6.54 Å². The summed E-state index contributed by atoms with van der Waals surface area (Å²) in [5.41, 5.74) is 6.38. The number of hydrogen-bond donors (Lipinski definition) is 0. The number of carbonyl (C=O) groups is 1. The van der Waals surface area contributed by atoms with Crippen LogP contribution < -0.4 is 0 Å². The average Bonchev–Trinajstić information content (AvgIpc) is 3.05. The summed E-state index contributed by atoms with van der Waals surface area (Å²) >= 11 is 0. The van der Waals surface area contributed by atoms with Gasteiger partial charge in [0.05, 0.1) is 34.2 Å². The molecule has 0 saturated carbocycles. The zero-order valence-corrected chi connectivity index (χ0v) is 16.6. The lowest BCUT2D eigenvalue weighted by molar-refractivity contribution is 0.0732. The molecular weight excluding hydrogens is 338 g/mol. The van der Waals surface area contributed by atoms with E-state index in [1.165, 1.54) is 5.69 Å². The Kier molecular flexibility index (Phi) is 4.02. The molecule has 1 aromatic carbocycles. The number of aromatic nitrogens is 4. The molecule has 6 nitrogen and oxygen atoms in total. The molecule has 2 aromatic heterocycles. The number of hydrogen-bond acceptors (Lipinski definition) is 4. The summed E-state index contributed by atoms with van der Waals surface area (Å²) in [5, 5.41) is 4.55. The Morgan fingerprint density at radius 1 is 1.07 bits per heavy atom. The topological polar surface area (TPSA) is 63.9 Å². The second-order valence-electron chi connectivity index (χ2n) is 8.27. The van der Waals surface area contributed by atoms with Crippen molar-refractivity contribution < 1.29 is 4.79 Å². The van der Waals surface area contributed by atoms with Gasteiger partial charge < -0.3 is 4.90 Å². The van der Waals surface area contributed by atoms with Crippen LogP contribution in [0.5, 0.6) is 0 Å². The smallest absolute Gasteiger partial charge is 0.254 e. The molecule has 1 aliphatic heterocycles. The molecule has 0 spiro atoms. The number of amides is 1. The highest BCUT2D eigenvalue weighted by Gasteiger charge is 2.28. The first kappa shape index (κ1) is 17.6. The summed E-state index contributed by atoms with van der Waals surface area (Å²) < 4.78 is 2.08. The molecule has 1 aliphatic rings. The van der Waals surface area contributed by atoms with E-state index in [1.54, 1.807) is 0 Å². The van der Waals surface area contributed by atoms with Crippen molar-refractivity contribution in [1.29, 1.82) is 0 Å². The van der Waals surface area contributed by atoms with E-state index < -0.39 is 0 Å². The van der Waals surface area contributed by atoms with E-state index in [9.17, 15) is 4.79 Å². The van der Waals surface area contributed by atoms with Gasteiger partial charge >= 0.3 is 0 Å². The standard InChI is InChI=1S/C21H25N5O/c1-13-14(2)24-18-10-15(6-7-17(18)23-13)20(27)25-9-8-19-16(12-25)11-22-26(19)21(3,4)5/h6-7,10-11H,8-9,12H2,1-5H3. The highest BCUT2D eigenvalue weighted by molar-refractivity contribution is 5.97. The van der Waals surface area contributed by atoms with Gasteiger partial charge in [-0.15, -0.1) is 0 Å². The molecule has 3 aromatic rings. The molecule has 0 unspecified atom stereocenters. The van der Waals surface area contributed by atoms with Crippen LogP contribution in [0.4, 0.5) is 0 Å². The van der Waals surface area contributed by atoms with Crippen molar-refractivity contribution >= 4 is 16.9 Å². The van der Waals surface area contributed by atoms with Gasteiger partial charge in [-0.25, -0.2) is 9.97 Å². The molecule has 4 rings (SSSR count). The van der Waals surface area contributed by atoms with Crippen LogP contribution in [0.3, 0.4) is 0 Å². The third-order valence-electron chi connectivity index (χ3n) is 5.18. The van der Waals surface area contributed by atoms with Crippen molar-refractivity contribution in [3.8, 4) is 0 Å². The summed E-state index contributed by atoms with van der Waals surface area (Å²) in [6, 6.07) is 5.59. The molecule has 6 heteroatoms. The van der Waals surface area contributed by atoms with Crippen LogP contribution in [0, 0.1) is 13.8 Å². The van der Waals surface area contributed by atoms with E-state index in [0.717, 1.165) is 34.4 Å². The number of carbonyl (C=O) groups excluding carboxylic acids is 1. The first-order valence-corrected chi connectivity index (χ1v) is 9.34. The molecule has 3 heterocycles. The number of nitrogens with zero attached hydrogens (tertiary/aromatic N) is 5. The zero-order valence-electron chi connectivity index (χ0n) is 16.6. The monoisotopic (exact) mass is 363 g/mol. The fraction of sp³-hybridized carbons (Fsp3) is 0.429. The van der Waals surface area contributed by atoms with Gasteiger partial charge in [0.25, 0.3) is 5.91 Å². The van der Waals surface area contributed by atoms with E-state index in [4.69, 9.17) is 0 Å². The van der Waals surface area contributed by atoms with Crippen LogP contribution in [0.2, 0.25) is 0 Å². The second kappa shape index (κ2) is 6.15.